The minimum atomic E-state index is -3.56. The molecule has 0 aromatic carbocycles. The lowest BCUT2D eigenvalue weighted by Crippen LogP contribution is -2.58. The first kappa shape index (κ1) is 29.9. The van der Waals surface area contributed by atoms with Crippen molar-refractivity contribution >= 4 is 27.7 Å². The zero-order chi connectivity index (χ0) is 27.7. The van der Waals surface area contributed by atoms with E-state index in [1.54, 1.807) is 4.90 Å². The molecule has 2 N–H and O–H groups in total. The van der Waals surface area contributed by atoms with Crippen LogP contribution in [0.5, 0.6) is 0 Å². The second-order valence-electron chi connectivity index (χ2n) is 12.6. The molecule has 0 radical (unpaired) electrons. The van der Waals surface area contributed by atoms with Gasteiger partial charge in [0.05, 0.1) is 18.2 Å². The number of nitrogens with zero attached hydrogens (tertiary/aromatic N) is 2. The molecule has 3 amide bonds. The highest BCUT2D eigenvalue weighted by Crippen LogP contribution is 2.39. The molecule has 3 rings (SSSR count). The predicted octanol–water partition coefficient (Wildman–Crippen LogP) is 2.51. The van der Waals surface area contributed by atoms with Gasteiger partial charge in [-0.25, -0.2) is 8.42 Å². The number of amides is 3. The first-order chi connectivity index (χ1) is 17.2. The molecule has 2 saturated heterocycles. The Bertz CT molecular complexity index is 956. The average Bonchev–Trinajstić information content (AvgIpc) is 3.41. The van der Waals surface area contributed by atoms with E-state index in [9.17, 15) is 22.8 Å². The molecule has 6 atom stereocenters. The second-order valence-corrected chi connectivity index (χ2v) is 14.6. The van der Waals surface area contributed by atoms with Crippen molar-refractivity contribution < 1.29 is 22.8 Å². The van der Waals surface area contributed by atoms with Crippen molar-refractivity contribution in [2.75, 3.05) is 19.3 Å². The van der Waals surface area contributed by atoms with E-state index in [1.807, 2.05) is 41.5 Å². The van der Waals surface area contributed by atoms with Crippen LogP contribution < -0.4 is 10.6 Å². The Balaban J connectivity index is 1.86. The van der Waals surface area contributed by atoms with Crippen LogP contribution in [0.25, 0.3) is 0 Å². The van der Waals surface area contributed by atoms with E-state index < -0.39 is 39.5 Å². The summed E-state index contributed by atoms with van der Waals surface area (Å²) in [5, 5.41) is 6.14. The third-order valence-electron chi connectivity index (χ3n) is 8.81. The number of fused-ring (bicyclic) bond motifs is 1. The van der Waals surface area contributed by atoms with E-state index in [4.69, 9.17) is 0 Å². The van der Waals surface area contributed by atoms with Gasteiger partial charge in [-0.3, -0.25) is 14.4 Å². The number of sulfonamides is 1. The lowest BCUT2D eigenvalue weighted by molar-refractivity contribution is -0.142. The summed E-state index contributed by atoms with van der Waals surface area (Å²) in [7, 11) is -3.56. The van der Waals surface area contributed by atoms with Crippen molar-refractivity contribution in [3.8, 4) is 0 Å². The van der Waals surface area contributed by atoms with E-state index in [1.165, 1.54) is 29.8 Å². The Morgan fingerprint density at radius 2 is 1.62 bits per heavy atom. The van der Waals surface area contributed by atoms with Gasteiger partial charge in [0, 0.05) is 31.1 Å². The lowest BCUT2D eigenvalue weighted by Gasteiger charge is -2.37. The standard InChI is InChI=1S/C27H48N4O5S/c1-8-17(2)24(32)29-23(27(4,5)6)26(34)30-15-14-21-22(30)20(16-31(21)37(7,35)36)25(33)28-18(3)19-12-10-9-11-13-19/h17-23H,8-16H2,1-7H3,(H,28,33)(H,29,32)/t17-,18-,20+,21-,22-,23-/m1/s1. The molecule has 0 aromatic heterocycles. The van der Waals surface area contributed by atoms with Crippen molar-refractivity contribution in [2.45, 2.75) is 111 Å². The molecule has 3 aliphatic rings. The highest BCUT2D eigenvalue weighted by atomic mass is 32.2. The maximum atomic E-state index is 14.0. The third kappa shape index (κ3) is 6.67. The van der Waals surface area contributed by atoms with Gasteiger partial charge < -0.3 is 15.5 Å². The summed E-state index contributed by atoms with van der Waals surface area (Å²) in [5.41, 5.74) is -0.555. The van der Waals surface area contributed by atoms with Crippen LogP contribution in [0.3, 0.4) is 0 Å². The number of nitrogens with one attached hydrogen (secondary N) is 2. The van der Waals surface area contributed by atoms with Crippen LogP contribution >= 0.6 is 0 Å². The normalized spacial score (nSPS) is 27.9. The minimum Gasteiger partial charge on any atom is -0.353 e. The summed E-state index contributed by atoms with van der Waals surface area (Å²) in [6.45, 7) is 12.0. The molecule has 0 unspecified atom stereocenters. The van der Waals surface area contributed by atoms with Gasteiger partial charge in [-0.15, -0.1) is 0 Å². The first-order valence-electron chi connectivity index (χ1n) is 14.0. The van der Waals surface area contributed by atoms with Crippen LogP contribution in [-0.4, -0.2) is 78.9 Å². The summed E-state index contributed by atoms with van der Waals surface area (Å²) in [6.07, 6.45) is 8.04. The smallest absolute Gasteiger partial charge is 0.246 e. The van der Waals surface area contributed by atoms with Crippen molar-refractivity contribution in [1.29, 1.82) is 0 Å². The molecule has 0 aromatic rings. The van der Waals surface area contributed by atoms with Crippen molar-refractivity contribution in [3.63, 3.8) is 0 Å². The topological polar surface area (TPSA) is 116 Å². The van der Waals surface area contributed by atoms with Crippen LogP contribution in [0.2, 0.25) is 0 Å². The predicted molar refractivity (Wildman–Crippen MR) is 144 cm³/mol. The summed E-state index contributed by atoms with van der Waals surface area (Å²) < 4.78 is 26.7. The molecule has 0 spiro atoms. The van der Waals surface area contributed by atoms with E-state index in [0.29, 0.717) is 25.3 Å². The molecule has 1 aliphatic carbocycles. The lowest BCUT2D eigenvalue weighted by atomic mass is 9.84. The molecule has 2 heterocycles. The Morgan fingerprint density at radius 3 is 2.16 bits per heavy atom. The van der Waals surface area contributed by atoms with Crippen LogP contribution in [0.1, 0.15) is 86.5 Å². The highest BCUT2D eigenvalue weighted by Gasteiger charge is 2.56. The number of likely N-dealkylation sites (tertiary alicyclic amines) is 1. The fraction of sp³-hybridized carbons (Fsp3) is 0.889. The fourth-order valence-electron chi connectivity index (χ4n) is 6.28. The fourth-order valence-corrected chi connectivity index (χ4v) is 7.43. The number of carbonyl (C=O) groups is 3. The Morgan fingerprint density at radius 1 is 1.00 bits per heavy atom. The maximum absolute atomic E-state index is 14.0. The average molecular weight is 541 g/mol. The first-order valence-corrected chi connectivity index (χ1v) is 15.9. The molecule has 1 saturated carbocycles. The van der Waals surface area contributed by atoms with Crippen LogP contribution in [0, 0.1) is 23.2 Å². The molecule has 10 heteroatoms. The van der Waals surface area contributed by atoms with Gasteiger partial charge in [-0.2, -0.15) is 4.31 Å². The Kier molecular flexibility index (Phi) is 9.36. The van der Waals surface area contributed by atoms with Gasteiger partial charge in [-0.1, -0.05) is 53.9 Å². The van der Waals surface area contributed by atoms with Crippen molar-refractivity contribution in [2.24, 2.45) is 23.2 Å². The molecule has 212 valence electrons. The van der Waals surface area contributed by atoms with Gasteiger partial charge in [-0.05, 0) is 43.9 Å². The van der Waals surface area contributed by atoms with Crippen molar-refractivity contribution in [3.05, 3.63) is 0 Å². The second kappa shape index (κ2) is 11.6. The van der Waals surface area contributed by atoms with Crippen molar-refractivity contribution in [1.82, 2.24) is 19.8 Å². The summed E-state index contributed by atoms with van der Waals surface area (Å²) >= 11 is 0. The Hall–Kier alpha value is -1.68. The monoisotopic (exact) mass is 540 g/mol. The maximum Gasteiger partial charge on any atom is 0.246 e. The molecule has 9 nitrogen and oxygen atoms in total. The molecular formula is C27H48N4O5S. The highest BCUT2D eigenvalue weighted by molar-refractivity contribution is 7.88. The molecule has 0 bridgehead atoms. The van der Waals surface area contributed by atoms with Gasteiger partial charge in [0.15, 0.2) is 0 Å². The summed E-state index contributed by atoms with van der Waals surface area (Å²) in [5.74, 6) is -1.06. The van der Waals surface area contributed by atoms with E-state index in [0.717, 1.165) is 12.8 Å². The molecule has 37 heavy (non-hydrogen) atoms. The van der Waals surface area contributed by atoms with E-state index in [-0.39, 0.29) is 36.2 Å². The van der Waals surface area contributed by atoms with Gasteiger partial charge in [0.2, 0.25) is 27.7 Å². The van der Waals surface area contributed by atoms with Crippen LogP contribution in [0.4, 0.5) is 0 Å². The number of hydrogen-bond acceptors (Lipinski definition) is 5. The Labute approximate surface area is 223 Å². The zero-order valence-corrected chi connectivity index (χ0v) is 24.6. The quantitative estimate of drug-likeness (QED) is 0.491. The van der Waals surface area contributed by atoms with Crippen LogP contribution in [0.15, 0.2) is 0 Å². The number of hydrogen-bond donors (Lipinski definition) is 2. The minimum absolute atomic E-state index is 0.00114. The number of carbonyl (C=O) groups excluding carboxylic acids is 3. The largest absolute Gasteiger partial charge is 0.353 e. The van der Waals surface area contributed by atoms with Gasteiger partial charge >= 0.3 is 0 Å². The number of rotatable bonds is 8. The van der Waals surface area contributed by atoms with Crippen LogP contribution in [-0.2, 0) is 24.4 Å². The SMILES string of the molecule is CC[C@@H](C)C(=O)N[C@H](C(=O)N1CC[C@@H]2[C@H]1[C@@H](C(=O)N[C@H](C)C1CCCCC1)CN2S(C)(=O)=O)C(C)(C)C. The van der Waals surface area contributed by atoms with E-state index in [2.05, 4.69) is 10.6 Å². The van der Waals surface area contributed by atoms with Gasteiger partial charge in [0.25, 0.3) is 0 Å². The van der Waals surface area contributed by atoms with Gasteiger partial charge in [0.1, 0.15) is 6.04 Å². The third-order valence-corrected chi connectivity index (χ3v) is 10.1. The molecular weight excluding hydrogens is 492 g/mol. The molecule has 2 aliphatic heterocycles. The molecule has 3 fully saturated rings. The summed E-state index contributed by atoms with van der Waals surface area (Å²) in [4.78, 5) is 42.1. The zero-order valence-electron chi connectivity index (χ0n) is 23.7. The summed E-state index contributed by atoms with van der Waals surface area (Å²) in [6, 6.07) is -1.76. The van der Waals surface area contributed by atoms with E-state index >= 15 is 0 Å².